The van der Waals surface area contributed by atoms with Gasteiger partial charge in [-0.3, -0.25) is 0 Å². The summed E-state index contributed by atoms with van der Waals surface area (Å²) in [5, 5.41) is 8.37. The predicted molar refractivity (Wildman–Crippen MR) is 47.9 cm³/mol. The lowest BCUT2D eigenvalue weighted by atomic mass is 10.1. The first-order valence-corrected chi connectivity index (χ1v) is 4.36. The molecule has 3 heteroatoms. The van der Waals surface area contributed by atoms with Gasteiger partial charge in [0.25, 0.3) is 0 Å². The predicted octanol–water partition coefficient (Wildman–Crippen LogP) is 0.872. The summed E-state index contributed by atoms with van der Waals surface area (Å²) < 4.78 is 10.3. The maximum atomic E-state index is 8.37. The van der Waals surface area contributed by atoms with Gasteiger partial charge in [-0.05, 0) is 12.3 Å². The summed E-state index contributed by atoms with van der Waals surface area (Å²) in [6.07, 6.45) is 0.900. The first-order valence-electron chi connectivity index (χ1n) is 4.36. The van der Waals surface area contributed by atoms with Crippen molar-refractivity contribution in [2.24, 2.45) is 5.92 Å². The monoisotopic (exact) mass is 175 g/mol. The van der Waals surface area contributed by atoms with Crippen LogP contribution in [0.4, 0.5) is 0 Å². The first-order chi connectivity index (χ1) is 5.81. The quantitative estimate of drug-likeness (QED) is 0.556. The van der Waals surface area contributed by atoms with Crippen molar-refractivity contribution >= 4 is 0 Å². The van der Waals surface area contributed by atoms with Crippen LogP contribution in [-0.4, -0.2) is 38.1 Å². The average molecular weight is 175 g/mol. The number of rotatable bonds is 8. The lowest BCUT2D eigenvalue weighted by molar-refractivity contribution is 0.0240. The molecule has 0 rings (SSSR count). The zero-order chi connectivity index (χ0) is 9.23. The molecule has 0 saturated heterocycles. The minimum absolute atomic E-state index is 0.0787. The molecule has 3 nitrogen and oxygen atoms in total. The summed E-state index contributed by atoms with van der Waals surface area (Å²) >= 11 is 0. The highest BCUT2D eigenvalue weighted by molar-refractivity contribution is 4.51. The highest BCUT2D eigenvalue weighted by Crippen LogP contribution is 1.99. The van der Waals surface area contributed by atoms with Gasteiger partial charge in [0, 0.05) is 6.61 Å². The van der Waals surface area contributed by atoms with Crippen LogP contribution in [-0.2, 0) is 9.47 Å². The van der Waals surface area contributed by atoms with Gasteiger partial charge in [0.15, 0.2) is 0 Å². The third-order valence-electron chi connectivity index (χ3n) is 1.50. The van der Waals surface area contributed by atoms with Crippen molar-refractivity contribution in [1.82, 2.24) is 0 Å². The molecule has 0 spiro atoms. The Morgan fingerprint density at radius 1 is 1.25 bits per heavy atom. The standard InChI is InChI=1S/C9H19O3/c1-3-9(2)8-12-7-6-11-5-4-10/h9-10H,1,3-8H2,2H3. The van der Waals surface area contributed by atoms with Gasteiger partial charge in [-0.2, -0.15) is 0 Å². The maximum Gasteiger partial charge on any atom is 0.0701 e. The number of hydrogen-bond acceptors (Lipinski definition) is 3. The Hall–Kier alpha value is -0.120. The Labute approximate surface area is 74.7 Å². The van der Waals surface area contributed by atoms with E-state index in [0.29, 0.717) is 25.7 Å². The van der Waals surface area contributed by atoms with E-state index in [0.717, 1.165) is 13.0 Å². The smallest absolute Gasteiger partial charge is 0.0701 e. The molecule has 0 heterocycles. The first kappa shape index (κ1) is 11.9. The van der Waals surface area contributed by atoms with Crippen LogP contribution in [0.2, 0.25) is 0 Å². The molecular formula is C9H19O3. The molecule has 0 bridgehead atoms. The topological polar surface area (TPSA) is 38.7 Å². The maximum absolute atomic E-state index is 8.37. The van der Waals surface area contributed by atoms with E-state index in [4.69, 9.17) is 14.6 Å². The highest BCUT2D eigenvalue weighted by atomic mass is 16.5. The summed E-state index contributed by atoms with van der Waals surface area (Å²) in [6.45, 7) is 8.25. The largest absolute Gasteiger partial charge is 0.394 e. The zero-order valence-electron chi connectivity index (χ0n) is 7.79. The second-order valence-corrected chi connectivity index (χ2v) is 2.80. The second-order valence-electron chi connectivity index (χ2n) is 2.80. The third kappa shape index (κ3) is 7.98. The summed E-state index contributed by atoms with van der Waals surface area (Å²) in [6, 6.07) is 0. The minimum Gasteiger partial charge on any atom is -0.394 e. The molecule has 0 aromatic rings. The van der Waals surface area contributed by atoms with Gasteiger partial charge in [0.05, 0.1) is 26.4 Å². The summed E-state index contributed by atoms with van der Waals surface area (Å²) in [5.41, 5.74) is 0. The number of aliphatic hydroxyl groups is 1. The Morgan fingerprint density at radius 2 is 1.92 bits per heavy atom. The molecule has 1 radical (unpaired) electrons. The van der Waals surface area contributed by atoms with Crippen molar-refractivity contribution in [3.8, 4) is 0 Å². The molecule has 1 atom stereocenters. The van der Waals surface area contributed by atoms with Crippen molar-refractivity contribution < 1.29 is 14.6 Å². The molecule has 0 aliphatic rings. The van der Waals surface area contributed by atoms with Crippen LogP contribution in [0.25, 0.3) is 0 Å². The molecule has 0 aliphatic carbocycles. The number of aliphatic hydroxyl groups excluding tert-OH is 1. The Morgan fingerprint density at radius 3 is 2.50 bits per heavy atom. The number of hydrogen-bond donors (Lipinski definition) is 1. The van der Waals surface area contributed by atoms with Crippen LogP contribution in [0.1, 0.15) is 13.3 Å². The van der Waals surface area contributed by atoms with Crippen LogP contribution in [0.3, 0.4) is 0 Å². The van der Waals surface area contributed by atoms with Gasteiger partial charge < -0.3 is 14.6 Å². The SMILES string of the molecule is [CH2]CC(C)COCCOCCO. The molecule has 1 N–H and O–H groups in total. The van der Waals surface area contributed by atoms with E-state index in [1.165, 1.54) is 0 Å². The van der Waals surface area contributed by atoms with Gasteiger partial charge in [-0.15, -0.1) is 0 Å². The Kier molecular flexibility index (Phi) is 8.88. The van der Waals surface area contributed by atoms with E-state index < -0.39 is 0 Å². The van der Waals surface area contributed by atoms with E-state index in [2.05, 4.69) is 13.8 Å². The second kappa shape index (κ2) is 8.97. The van der Waals surface area contributed by atoms with Crippen LogP contribution in [0, 0.1) is 12.8 Å². The lowest BCUT2D eigenvalue weighted by Gasteiger charge is -2.08. The normalized spacial score (nSPS) is 13.2. The van der Waals surface area contributed by atoms with E-state index in [1.807, 2.05) is 0 Å². The van der Waals surface area contributed by atoms with E-state index in [9.17, 15) is 0 Å². The van der Waals surface area contributed by atoms with Crippen molar-refractivity contribution in [1.29, 1.82) is 0 Å². The van der Waals surface area contributed by atoms with Crippen LogP contribution in [0.5, 0.6) is 0 Å². The minimum atomic E-state index is 0.0787. The molecule has 0 saturated carbocycles. The van der Waals surface area contributed by atoms with Crippen molar-refractivity contribution in [2.75, 3.05) is 33.0 Å². The number of ether oxygens (including phenoxy) is 2. The van der Waals surface area contributed by atoms with Gasteiger partial charge in [0.2, 0.25) is 0 Å². The fourth-order valence-corrected chi connectivity index (χ4v) is 0.652. The Balaban J connectivity index is 2.90. The summed E-state index contributed by atoms with van der Waals surface area (Å²) in [5.74, 6) is 0.517. The molecule has 73 valence electrons. The zero-order valence-corrected chi connectivity index (χ0v) is 7.79. The molecule has 0 aromatic carbocycles. The molecule has 0 aromatic heterocycles. The molecule has 12 heavy (non-hydrogen) atoms. The molecule has 0 amide bonds. The molecule has 0 aliphatic heterocycles. The molecular weight excluding hydrogens is 156 g/mol. The molecule has 0 fully saturated rings. The van der Waals surface area contributed by atoms with Crippen molar-refractivity contribution in [3.05, 3.63) is 6.92 Å². The van der Waals surface area contributed by atoms with E-state index in [1.54, 1.807) is 0 Å². The van der Waals surface area contributed by atoms with Crippen LogP contribution in [0.15, 0.2) is 0 Å². The van der Waals surface area contributed by atoms with Gasteiger partial charge >= 0.3 is 0 Å². The Bertz CT molecular complexity index is 85.8. The van der Waals surface area contributed by atoms with Gasteiger partial charge in [-0.1, -0.05) is 13.8 Å². The van der Waals surface area contributed by atoms with E-state index >= 15 is 0 Å². The van der Waals surface area contributed by atoms with Crippen molar-refractivity contribution in [3.63, 3.8) is 0 Å². The van der Waals surface area contributed by atoms with Gasteiger partial charge in [-0.25, -0.2) is 0 Å². The molecule has 1 unspecified atom stereocenters. The van der Waals surface area contributed by atoms with Gasteiger partial charge in [0.1, 0.15) is 0 Å². The summed E-state index contributed by atoms with van der Waals surface area (Å²) in [4.78, 5) is 0. The lowest BCUT2D eigenvalue weighted by Crippen LogP contribution is -2.11. The fraction of sp³-hybridized carbons (Fsp3) is 0.889. The van der Waals surface area contributed by atoms with Crippen molar-refractivity contribution in [2.45, 2.75) is 13.3 Å². The van der Waals surface area contributed by atoms with Crippen LogP contribution < -0.4 is 0 Å². The van der Waals surface area contributed by atoms with Crippen LogP contribution >= 0.6 is 0 Å². The highest BCUT2D eigenvalue weighted by Gasteiger charge is 1.97. The summed E-state index contributed by atoms with van der Waals surface area (Å²) in [7, 11) is 0. The average Bonchev–Trinajstić information content (AvgIpc) is 2.10. The third-order valence-corrected chi connectivity index (χ3v) is 1.50. The van der Waals surface area contributed by atoms with E-state index in [-0.39, 0.29) is 6.61 Å². The fourth-order valence-electron chi connectivity index (χ4n) is 0.652.